The van der Waals surface area contributed by atoms with E-state index in [2.05, 4.69) is 25.7 Å². The summed E-state index contributed by atoms with van der Waals surface area (Å²) in [5, 5.41) is 9.87. The number of carbonyl (C=O) groups excluding carboxylic acids is 1. The number of pyridine rings is 1. The second-order valence-electron chi connectivity index (χ2n) is 6.60. The maximum Gasteiger partial charge on any atom is 0.319 e. The van der Waals surface area contributed by atoms with E-state index in [1.807, 2.05) is 36.4 Å². The van der Waals surface area contributed by atoms with Gasteiger partial charge in [-0.1, -0.05) is 18.2 Å². The molecule has 3 aromatic rings. The molecule has 29 heavy (non-hydrogen) atoms. The van der Waals surface area contributed by atoms with Gasteiger partial charge in [-0.15, -0.1) is 35.0 Å². The minimum absolute atomic E-state index is 0.276. The Kier molecular flexibility index (Phi) is 5.94. The zero-order valence-corrected chi connectivity index (χ0v) is 17.6. The van der Waals surface area contributed by atoms with Gasteiger partial charge in [0.05, 0.1) is 5.69 Å². The van der Waals surface area contributed by atoms with Crippen LogP contribution in [0.3, 0.4) is 0 Å². The molecule has 2 N–H and O–H groups in total. The molecular formula is C19H18Cl2N6OS. The van der Waals surface area contributed by atoms with Crippen LogP contribution in [0.5, 0.6) is 0 Å². The van der Waals surface area contributed by atoms with Crippen molar-refractivity contribution < 1.29 is 4.79 Å². The normalized spacial score (nSPS) is 17.0. The first kappa shape index (κ1) is 20.0. The number of aromatic nitrogens is 4. The predicted molar refractivity (Wildman–Crippen MR) is 115 cm³/mol. The number of carbonyl (C=O) groups is 1. The molecular weight excluding hydrogens is 431 g/mol. The number of thioether (sulfide) groups is 1. The summed E-state index contributed by atoms with van der Waals surface area (Å²) >= 11 is 13.8. The minimum Gasteiger partial charge on any atom is -0.334 e. The summed E-state index contributed by atoms with van der Waals surface area (Å²) in [6.45, 7) is 0.299. The highest BCUT2D eigenvalue weighted by molar-refractivity contribution is 7.99. The fourth-order valence-electron chi connectivity index (χ4n) is 2.77. The highest BCUT2D eigenvalue weighted by Gasteiger charge is 2.51. The average Bonchev–Trinajstić information content (AvgIpc) is 3.09. The van der Waals surface area contributed by atoms with Crippen LogP contribution < -0.4 is 10.6 Å². The molecule has 150 valence electrons. The highest BCUT2D eigenvalue weighted by Crippen LogP contribution is 2.55. The van der Waals surface area contributed by atoms with Gasteiger partial charge in [-0.2, -0.15) is 5.10 Å². The van der Waals surface area contributed by atoms with Crippen molar-refractivity contribution in [3.05, 3.63) is 60.8 Å². The Bertz CT molecular complexity index is 998. The molecule has 2 heterocycles. The number of hydrogen-bond donors (Lipinski definition) is 2. The van der Waals surface area contributed by atoms with E-state index in [9.17, 15) is 4.79 Å². The number of para-hydroxylation sites is 1. The number of anilines is 1. The molecule has 7 nitrogen and oxygen atoms in total. The van der Waals surface area contributed by atoms with Gasteiger partial charge in [-0.05, 0) is 24.6 Å². The van der Waals surface area contributed by atoms with Crippen LogP contribution in [0.2, 0.25) is 0 Å². The topological polar surface area (TPSA) is 84.7 Å². The van der Waals surface area contributed by atoms with Gasteiger partial charge in [0.2, 0.25) is 0 Å². The first-order chi connectivity index (χ1) is 14.0. The lowest BCUT2D eigenvalue weighted by molar-refractivity contribution is 0.251. The molecule has 1 aromatic carbocycles. The standard InChI is InChI=1S/C19H18Cl2N6OS/c20-19(21)8-14(19)10-29-16-6-2-1-5-15(16)26-18(28)24-9-13-4-3-7-23-17(13)27-12-22-11-25-27/h1-7,11-12,14H,8-10H2,(H2,24,26,28). The SMILES string of the molecule is O=C(NCc1cccnc1-n1cncn1)Nc1ccccc1SCC1CC1(Cl)Cl. The summed E-state index contributed by atoms with van der Waals surface area (Å²) < 4.78 is 0.963. The molecule has 1 aliphatic carbocycles. The van der Waals surface area contributed by atoms with Crippen LogP contribution >= 0.6 is 35.0 Å². The van der Waals surface area contributed by atoms with Crippen LogP contribution in [0.15, 0.2) is 60.1 Å². The number of nitrogens with zero attached hydrogens (tertiary/aromatic N) is 4. The second kappa shape index (κ2) is 8.61. The van der Waals surface area contributed by atoms with Crippen molar-refractivity contribution >= 4 is 46.7 Å². The lowest BCUT2D eigenvalue weighted by Gasteiger charge is -2.13. The zero-order chi connectivity index (χ0) is 20.3. The monoisotopic (exact) mass is 448 g/mol. The summed E-state index contributed by atoms with van der Waals surface area (Å²) in [5.41, 5.74) is 1.57. The summed E-state index contributed by atoms with van der Waals surface area (Å²) in [6, 6.07) is 11.1. The highest BCUT2D eigenvalue weighted by atomic mass is 35.5. The number of urea groups is 1. The molecule has 2 amide bonds. The van der Waals surface area contributed by atoms with Gasteiger partial charge < -0.3 is 10.6 Å². The van der Waals surface area contributed by atoms with Crippen LogP contribution in [0.25, 0.3) is 5.82 Å². The van der Waals surface area contributed by atoms with Crippen molar-refractivity contribution in [2.75, 3.05) is 11.1 Å². The molecule has 0 spiro atoms. The number of amides is 2. The fourth-order valence-corrected chi connectivity index (χ4v) is 4.71. The molecule has 10 heteroatoms. The van der Waals surface area contributed by atoms with Crippen LogP contribution in [0.4, 0.5) is 10.5 Å². The minimum atomic E-state index is -0.599. The number of alkyl halides is 2. The van der Waals surface area contributed by atoms with Crippen LogP contribution in [0, 0.1) is 5.92 Å². The third-order valence-electron chi connectivity index (χ3n) is 4.47. The summed E-state index contributed by atoms with van der Waals surface area (Å²) in [6.07, 6.45) is 5.48. The Labute approximate surface area is 182 Å². The quantitative estimate of drug-likeness (QED) is 0.416. The number of hydrogen-bond acceptors (Lipinski definition) is 5. The largest absolute Gasteiger partial charge is 0.334 e. The predicted octanol–water partition coefficient (Wildman–Crippen LogP) is 4.27. The Balaban J connectivity index is 1.36. The van der Waals surface area contributed by atoms with E-state index in [0.717, 1.165) is 28.3 Å². The molecule has 4 rings (SSSR count). The van der Waals surface area contributed by atoms with E-state index in [-0.39, 0.29) is 11.9 Å². The first-order valence-corrected chi connectivity index (χ1v) is 10.7. The summed E-state index contributed by atoms with van der Waals surface area (Å²) in [7, 11) is 0. The van der Waals surface area contributed by atoms with Gasteiger partial charge >= 0.3 is 6.03 Å². The van der Waals surface area contributed by atoms with Crippen molar-refractivity contribution in [2.24, 2.45) is 5.92 Å². The van der Waals surface area contributed by atoms with E-state index in [0.29, 0.717) is 12.4 Å². The molecule has 1 aliphatic rings. The zero-order valence-electron chi connectivity index (χ0n) is 15.3. The van der Waals surface area contributed by atoms with Gasteiger partial charge in [-0.3, -0.25) is 0 Å². The third-order valence-corrected chi connectivity index (χ3v) is 6.64. The number of halogens is 2. The van der Waals surface area contributed by atoms with Crippen molar-refractivity contribution in [1.29, 1.82) is 0 Å². The molecule has 0 radical (unpaired) electrons. The molecule has 1 atom stereocenters. The number of rotatable bonds is 7. The fraction of sp³-hybridized carbons (Fsp3) is 0.263. The Morgan fingerprint density at radius 2 is 2.10 bits per heavy atom. The van der Waals surface area contributed by atoms with E-state index < -0.39 is 4.33 Å². The van der Waals surface area contributed by atoms with Gasteiger partial charge in [0.1, 0.15) is 17.0 Å². The lowest BCUT2D eigenvalue weighted by atomic mass is 10.2. The molecule has 2 aromatic heterocycles. The third kappa shape index (κ3) is 5.01. The first-order valence-electron chi connectivity index (χ1n) is 8.96. The Morgan fingerprint density at radius 1 is 1.28 bits per heavy atom. The Hall–Kier alpha value is -2.29. The second-order valence-corrected chi connectivity index (χ2v) is 9.21. The summed E-state index contributed by atoms with van der Waals surface area (Å²) in [5.74, 6) is 1.71. The molecule has 1 fully saturated rings. The van der Waals surface area contributed by atoms with Gasteiger partial charge in [0, 0.05) is 34.9 Å². The summed E-state index contributed by atoms with van der Waals surface area (Å²) in [4.78, 5) is 21.7. The Morgan fingerprint density at radius 3 is 2.86 bits per heavy atom. The van der Waals surface area contributed by atoms with Crippen molar-refractivity contribution in [3.63, 3.8) is 0 Å². The molecule has 0 bridgehead atoms. The van der Waals surface area contributed by atoms with E-state index in [1.54, 1.807) is 29.0 Å². The van der Waals surface area contributed by atoms with Crippen molar-refractivity contribution in [3.8, 4) is 5.82 Å². The lowest BCUT2D eigenvalue weighted by Crippen LogP contribution is -2.29. The molecule has 0 saturated heterocycles. The van der Waals surface area contributed by atoms with E-state index >= 15 is 0 Å². The van der Waals surface area contributed by atoms with Gasteiger partial charge in [0.15, 0.2) is 5.82 Å². The average molecular weight is 449 g/mol. The maximum absolute atomic E-state index is 12.5. The molecule has 0 aliphatic heterocycles. The van der Waals surface area contributed by atoms with Crippen molar-refractivity contribution in [1.82, 2.24) is 25.1 Å². The molecule has 1 unspecified atom stereocenters. The smallest absolute Gasteiger partial charge is 0.319 e. The van der Waals surface area contributed by atoms with Gasteiger partial charge in [-0.25, -0.2) is 19.4 Å². The number of nitrogens with one attached hydrogen (secondary N) is 2. The van der Waals surface area contributed by atoms with Crippen LogP contribution in [0.1, 0.15) is 12.0 Å². The number of benzene rings is 1. The van der Waals surface area contributed by atoms with Crippen LogP contribution in [-0.4, -0.2) is 35.9 Å². The maximum atomic E-state index is 12.5. The molecule has 1 saturated carbocycles. The van der Waals surface area contributed by atoms with E-state index in [4.69, 9.17) is 23.2 Å². The van der Waals surface area contributed by atoms with E-state index in [1.165, 1.54) is 6.33 Å². The van der Waals surface area contributed by atoms with Crippen LogP contribution in [-0.2, 0) is 6.54 Å². The van der Waals surface area contributed by atoms with Gasteiger partial charge in [0.25, 0.3) is 0 Å². The van der Waals surface area contributed by atoms with Crippen molar-refractivity contribution in [2.45, 2.75) is 22.2 Å².